The van der Waals surface area contributed by atoms with Crippen molar-refractivity contribution in [3.63, 3.8) is 0 Å². The Kier molecular flexibility index (Phi) is 6.80. The third-order valence-corrected chi connectivity index (χ3v) is 8.47. The van der Waals surface area contributed by atoms with Gasteiger partial charge in [-0.25, -0.2) is 23.4 Å². The Morgan fingerprint density at radius 2 is 1.87 bits per heavy atom. The second kappa shape index (κ2) is 9.81. The average molecular weight is 562 g/mol. The van der Waals surface area contributed by atoms with Gasteiger partial charge in [0.2, 0.25) is 0 Å². The van der Waals surface area contributed by atoms with Crippen LogP contribution in [-0.4, -0.2) is 48.5 Å². The van der Waals surface area contributed by atoms with Crippen molar-refractivity contribution in [2.24, 2.45) is 5.92 Å². The van der Waals surface area contributed by atoms with E-state index in [0.29, 0.717) is 41.6 Å². The van der Waals surface area contributed by atoms with Gasteiger partial charge in [0.05, 0.1) is 5.75 Å². The van der Waals surface area contributed by atoms with Gasteiger partial charge in [-0.3, -0.25) is 0 Å². The smallest absolute Gasteiger partial charge is 0.370 e. The van der Waals surface area contributed by atoms with E-state index < -0.39 is 20.9 Å². The lowest BCUT2D eigenvalue weighted by Crippen LogP contribution is -2.49. The first-order valence-corrected chi connectivity index (χ1v) is 14.9. The molecule has 1 N–H and O–H groups in total. The van der Waals surface area contributed by atoms with Crippen LogP contribution >= 0.6 is 11.3 Å². The quantitative estimate of drug-likeness (QED) is 0.291. The number of hydrogen-bond acceptors (Lipinski definition) is 8. The van der Waals surface area contributed by atoms with Crippen molar-refractivity contribution in [3.05, 3.63) is 58.5 Å². The predicted octanol–water partition coefficient (Wildman–Crippen LogP) is 6.12. The van der Waals surface area contributed by atoms with Gasteiger partial charge in [-0.05, 0) is 41.1 Å². The minimum absolute atomic E-state index is 0.112. The Bertz CT molecular complexity index is 1600. The summed E-state index contributed by atoms with van der Waals surface area (Å²) in [5.41, 5.74) is 2.45. The van der Waals surface area contributed by atoms with E-state index >= 15 is 0 Å². The molecule has 0 radical (unpaired) electrons. The molecular formula is C26H26F3N5O2S2. The molecule has 5 rings (SSSR count). The number of alkyl halides is 3. The molecular weight excluding hydrogens is 535 g/mol. The van der Waals surface area contributed by atoms with E-state index in [1.54, 1.807) is 12.3 Å². The van der Waals surface area contributed by atoms with E-state index in [-0.39, 0.29) is 23.4 Å². The first-order chi connectivity index (χ1) is 17.9. The predicted molar refractivity (Wildman–Crippen MR) is 145 cm³/mol. The first kappa shape index (κ1) is 26.4. The number of hydrogen-bond donors (Lipinski definition) is 1. The van der Waals surface area contributed by atoms with Crippen molar-refractivity contribution in [1.29, 1.82) is 0 Å². The molecule has 0 aliphatic carbocycles. The molecule has 0 saturated carbocycles. The monoisotopic (exact) mass is 561 g/mol. The van der Waals surface area contributed by atoms with Gasteiger partial charge >= 0.3 is 6.18 Å². The van der Waals surface area contributed by atoms with E-state index in [0.717, 1.165) is 28.1 Å². The van der Waals surface area contributed by atoms with Crippen LogP contribution in [0.1, 0.15) is 30.2 Å². The van der Waals surface area contributed by atoms with E-state index in [9.17, 15) is 21.6 Å². The summed E-state index contributed by atoms with van der Waals surface area (Å²) in [6, 6.07) is 8.78. The molecule has 1 aliphatic rings. The number of halogens is 3. The van der Waals surface area contributed by atoms with Crippen LogP contribution in [0, 0.1) is 5.92 Å². The Morgan fingerprint density at radius 3 is 2.53 bits per heavy atom. The first-order valence-electron chi connectivity index (χ1n) is 12.0. The standard InChI is InChI=1S/C26H26F3N5O2S2/c1-15(2)18-4-5-21(34-11-16(12-34)14-38(3,35)36)20-10-31-24(9-19(18)20)32-23-6-7-30-25(33-23)17-8-22(37-13-17)26(27,28)29/h4-10,13,15-16H,11-12,14H2,1-3H3,(H,30,31,32,33). The summed E-state index contributed by atoms with van der Waals surface area (Å²) in [5, 5.41) is 6.54. The maximum absolute atomic E-state index is 13.0. The molecule has 1 aliphatic heterocycles. The van der Waals surface area contributed by atoms with Gasteiger partial charge in [-0.15, -0.1) is 11.3 Å². The minimum Gasteiger partial charge on any atom is -0.370 e. The van der Waals surface area contributed by atoms with Crippen LogP contribution in [0.25, 0.3) is 22.2 Å². The number of aromatic nitrogens is 3. The van der Waals surface area contributed by atoms with Crippen LogP contribution < -0.4 is 10.2 Å². The molecule has 38 heavy (non-hydrogen) atoms. The summed E-state index contributed by atoms with van der Waals surface area (Å²) >= 11 is 0.608. The number of anilines is 3. The molecule has 0 amide bonds. The number of pyridine rings is 1. The van der Waals surface area contributed by atoms with Crippen LogP contribution in [0.5, 0.6) is 0 Å². The molecule has 1 aromatic carbocycles. The zero-order chi connectivity index (χ0) is 27.2. The minimum atomic E-state index is -4.41. The van der Waals surface area contributed by atoms with E-state index in [1.807, 2.05) is 6.07 Å². The summed E-state index contributed by atoms with van der Waals surface area (Å²) < 4.78 is 62.3. The third-order valence-electron chi connectivity index (χ3n) is 6.42. The van der Waals surface area contributed by atoms with Crippen molar-refractivity contribution < 1.29 is 21.6 Å². The second-order valence-electron chi connectivity index (χ2n) is 9.90. The summed E-state index contributed by atoms with van der Waals surface area (Å²) in [6.07, 6.45) is 0.136. The molecule has 4 heterocycles. The molecule has 12 heteroatoms. The number of fused-ring (bicyclic) bond motifs is 1. The number of benzene rings is 1. The topological polar surface area (TPSA) is 88.1 Å². The summed E-state index contributed by atoms with van der Waals surface area (Å²) in [7, 11) is -3.02. The Morgan fingerprint density at radius 1 is 1.11 bits per heavy atom. The van der Waals surface area contributed by atoms with Gasteiger partial charge in [0.15, 0.2) is 5.82 Å². The molecule has 0 bridgehead atoms. The van der Waals surface area contributed by atoms with E-state index in [1.165, 1.54) is 17.8 Å². The van der Waals surface area contributed by atoms with Crippen LogP contribution in [0.15, 0.2) is 48.1 Å². The Labute approximate surface area is 222 Å². The highest BCUT2D eigenvalue weighted by Crippen LogP contribution is 2.38. The van der Waals surface area contributed by atoms with Crippen LogP contribution in [0.2, 0.25) is 0 Å². The largest absolute Gasteiger partial charge is 0.425 e. The highest BCUT2D eigenvalue weighted by atomic mass is 32.2. The number of thiophene rings is 1. The average Bonchev–Trinajstić information content (AvgIpc) is 3.31. The van der Waals surface area contributed by atoms with E-state index in [4.69, 9.17) is 0 Å². The normalized spacial score (nSPS) is 14.8. The number of rotatable bonds is 7. The van der Waals surface area contributed by atoms with Gasteiger partial charge in [0.25, 0.3) is 0 Å². The molecule has 0 unspecified atom stereocenters. The van der Waals surface area contributed by atoms with Gasteiger partial charge in [0.1, 0.15) is 26.4 Å². The van der Waals surface area contributed by atoms with Crippen LogP contribution in [0.4, 0.5) is 30.5 Å². The fourth-order valence-corrected chi connectivity index (χ4v) is 6.52. The molecule has 200 valence electrons. The summed E-state index contributed by atoms with van der Waals surface area (Å²) in [4.78, 5) is 14.6. The van der Waals surface area contributed by atoms with Crippen molar-refractivity contribution in [2.45, 2.75) is 25.9 Å². The fraction of sp³-hybridized carbons (Fsp3) is 0.346. The van der Waals surface area contributed by atoms with Crippen LogP contribution in [0.3, 0.4) is 0 Å². The molecule has 7 nitrogen and oxygen atoms in total. The van der Waals surface area contributed by atoms with Crippen molar-refractivity contribution in [3.8, 4) is 11.4 Å². The van der Waals surface area contributed by atoms with Gasteiger partial charge in [-0.2, -0.15) is 13.2 Å². The zero-order valence-electron chi connectivity index (χ0n) is 21.0. The highest BCUT2D eigenvalue weighted by Gasteiger charge is 2.33. The fourth-order valence-electron chi connectivity index (χ4n) is 4.70. The summed E-state index contributed by atoms with van der Waals surface area (Å²) in [6.45, 7) is 5.57. The maximum Gasteiger partial charge on any atom is 0.425 e. The number of nitrogens with one attached hydrogen (secondary N) is 1. The maximum atomic E-state index is 13.0. The van der Waals surface area contributed by atoms with Crippen molar-refractivity contribution in [2.75, 3.05) is 35.3 Å². The zero-order valence-corrected chi connectivity index (χ0v) is 22.6. The SMILES string of the molecule is CC(C)c1ccc(N2CC(CS(C)(=O)=O)C2)c2cnc(Nc3ccnc(-c4csc(C(F)(F)F)c4)n3)cc12. The van der Waals surface area contributed by atoms with Gasteiger partial charge in [0, 0.05) is 59.7 Å². The molecule has 1 saturated heterocycles. The molecule has 1 fully saturated rings. The number of nitrogens with zero attached hydrogens (tertiary/aromatic N) is 4. The summed E-state index contributed by atoms with van der Waals surface area (Å²) in [5.74, 6) is 1.69. The van der Waals surface area contributed by atoms with Crippen molar-refractivity contribution >= 4 is 49.3 Å². The lowest BCUT2D eigenvalue weighted by molar-refractivity contribution is -0.134. The lowest BCUT2D eigenvalue weighted by Gasteiger charge is -2.41. The van der Waals surface area contributed by atoms with Gasteiger partial charge in [-0.1, -0.05) is 19.9 Å². The number of sulfone groups is 1. The van der Waals surface area contributed by atoms with Crippen LogP contribution in [-0.2, 0) is 16.0 Å². The lowest BCUT2D eigenvalue weighted by atomic mass is 9.93. The van der Waals surface area contributed by atoms with Crippen molar-refractivity contribution in [1.82, 2.24) is 15.0 Å². The Balaban J connectivity index is 1.42. The van der Waals surface area contributed by atoms with Gasteiger partial charge < -0.3 is 10.2 Å². The molecule has 0 atom stereocenters. The Hall–Kier alpha value is -3.25. The second-order valence-corrected chi connectivity index (χ2v) is 13.0. The van der Waals surface area contributed by atoms with E-state index in [2.05, 4.69) is 51.1 Å². The third kappa shape index (κ3) is 5.60. The molecule has 3 aromatic heterocycles. The molecule has 4 aromatic rings. The molecule has 0 spiro atoms. The highest BCUT2D eigenvalue weighted by molar-refractivity contribution is 7.90.